The van der Waals surface area contributed by atoms with E-state index in [0.29, 0.717) is 25.7 Å². The number of carbonyl (C=O) groups is 3. The van der Waals surface area contributed by atoms with Crippen molar-refractivity contribution in [1.82, 2.24) is 20.6 Å². The van der Waals surface area contributed by atoms with Gasteiger partial charge >= 0.3 is 17.9 Å². The highest BCUT2D eigenvalue weighted by Gasteiger charge is 2.01. The highest BCUT2D eigenvalue weighted by atomic mass is 79.9. The maximum Gasteiger partial charge on any atom is 0.303 e. The number of halogens is 1. The van der Waals surface area contributed by atoms with Crippen molar-refractivity contribution in [3.63, 3.8) is 0 Å². The van der Waals surface area contributed by atoms with Crippen molar-refractivity contribution in [3.8, 4) is 6.07 Å². The Balaban J connectivity index is 0. The maximum absolute atomic E-state index is 10.4. The zero-order valence-corrected chi connectivity index (χ0v) is 41.1. The number of nitrogens with one attached hydrogen (secondary N) is 1. The van der Waals surface area contributed by atoms with Gasteiger partial charge in [0.1, 0.15) is 0 Å². The van der Waals surface area contributed by atoms with Gasteiger partial charge in [0.2, 0.25) is 0 Å². The van der Waals surface area contributed by atoms with E-state index in [4.69, 9.17) is 20.6 Å². The largest absolute Gasteiger partial charge is 0.481 e. The zero-order valence-electron chi connectivity index (χ0n) is 39.6. The summed E-state index contributed by atoms with van der Waals surface area (Å²) in [5, 5.41) is 49.0. The van der Waals surface area contributed by atoms with Crippen LogP contribution in [0.4, 0.5) is 0 Å². The molecular weight excluding hydrogens is 846 g/mol. The summed E-state index contributed by atoms with van der Waals surface area (Å²) in [6.07, 6.45) is 51.4. The van der Waals surface area contributed by atoms with Crippen molar-refractivity contribution in [2.24, 2.45) is 0 Å². The first-order chi connectivity index (χ1) is 30.3. The maximum atomic E-state index is 10.4. The van der Waals surface area contributed by atoms with E-state index in [1.807, 2.05) is 0 Å². The molecule has 1 aromatic heterocycles. The van der Waals surface area contributed by atoms with Gasteiger partial charge in [0.05, 0.1) is 6.07 Å². The van der Waals surface area contributed by atoms with E-state index in [0.717, 1.165) is 68.9 Å². The van der Waals surface area contributed by atoms with Crippen molar-refractivity contribution >= 4 is 33.8 Å². The molecule has 11 nitrogen and oxygen atoms in total. The van der Waals surface area contributed by atoms with Gasteiger partial charge < -0.3 is 15.3 Å². The number of unbranched alkanes of at least 4 members (excludes halogenated alkanes) is 37. The lowest BCUT2D eigenvalue weighted by Crippen LogP contribution is -1.93. The number of nitriles is 1. The van der Waals surface area contributed by atoms with Gasteiger partial charge in [-0.25, -0.2) is 0 Å². The number of aliphatic carboxylic acids is 3. The Bertz CT molecular complexity index is 1100. The summed E-state index contributed by atoms with van der Waals surface area (Å²) in [6, 6.07) is 2.19. The van der Waals surface area contributed by atoms with Gasteiger partial charge in [-0.3, -0.25) is 14.4 Å². The Labute approximate surface area is 387 Å². The number of alkyl halides is 1. The van der Waals surface area contributed by atoms with Gasteiger partial charge in [-0.05, 0) is 38.5 Å². The quantitative estimate of drug-likeness (QED) is 0.0361. The van der Waals surface area contributed by atoms with Crippen LogP contribution >= 0.6 is 15.9 Å². The van der Waals surface area contributed by atoms with Crippen molar-refractivity contribution in [3.05, 3.63) is 5.82 Å². The smallest absolute Gasteiger partial charge is 0.303 e. The molecule has 0 fully saturated rings. The molecule has 1 rings (SSSR count). The molecule has 1 aromatic rings. The third-order valence-electron chi connectivity index (χ3n) is 11.4. The molecule has 0 aliphatic carbocycles. The summed E-state index contributed by atoms with van der Waals surface area (Å²) < 4.78 is 0. The monoisotopic (exact) mass is 940 g/mol. The number of tetrazole rings is 1. The van der Waals surface area contributed by atoms with Gasteiger partial charge in [-0.1, -0.05) is 233 Å². The minimum absolute atomic E-state index is 0.328. The second-order valence-electron chi connectivity index (χ2n) is 17.4. The summed E-state index contributed by atoms with van der Waals surface area (Å²) in [5.74, 6) is -1.17. The SMILES string of the molecule is N#CCCCCCCCCCCCCCCCC(=O)O.O=C(O)CCCCCCCCCCCCCCCBr.O=C(O)CCCCCCCCCCCCCCCc1nn[nH]n1. The summed E-state index contributed by atoms with van der Waals surface area (Å²) in [6.45, 7) is 0. The normalized spacial score (nSPS) is 10.7. The topological polar surface area (TPSA) is 190 Å². The van der Waals surface area contributed by atoms with Crippen LogP contribution < -0.4 is 0 Å². The molecule has 0 amide bonds. The number of carboxylic acids is 3. The first kappa shape index (κ1) is 61.5. The lowest BCUT2D eigenvalue weighted by atomic mass is 10.0. The minimum atomic E-state index is -0.669. The molecule has 62 heavy (non-hydrogen) atoms. The second kappa shape index (κ2) is 54.6. The summed E-state index contributed by atoms with van der Waals surface area (Å²) in [4.78, 5) is 31.0. The number of H-pyrrole nitrogens is 1. The molecule has 0 spiro atoms. The van der Waals surface area contributed by atoms with Gasteiger partial charge in [0.15, 0.2) is 5.82 Å². The van der Waals surface area contributed by atoms with E-state index in [2.05, 4.69) is 42.6 Å². The standard InChI is InChI=1S/C17H32N4O2.C17H31NO2.C16H31BrO2/c22-17(23)15-13-11-9-7-5-3-1-2-4-6-8-10-12-14-16-18-20-21-19-16;18-16-14-12-10-8-6-4-2-1-3-5-7-9-11-13-15-17(19)20;17-15-13-11-9-7-5-3-1-2-4-6-8-10-12-14-16(18)19/h1-15H2,(H,22,23)(H,18,19,20,21);1-15H2,(H,19,20);1-15H2,(H,18,19). The highest BCUT2D eigenvalue weighted by molar-refractivity contribution is 9.09. The molecule has 0 radical (unpaired) electrons. The van der Waals surface area contributed by atoms with E-state index in [-0.39, 0.29) is 0 Å². The minimum Gasteiger partial charge on any atom is -0.481 e. The Morgan fingerprint density at radius 2 is 0.677 bits per heavy atom. The fourth-order valence-electron chi connectivity index (χ4n) is 7.53. The number of aryl methyl sites for hydroxylation is 1. The molecule has 4 N–H and O–H groups in total. The predicted octanol–water partition coefficient (Wildman–Crippen LogP) is 15.7. The number of aromatic amines is 1. The van der Waals surface area contributed by atoms with E-state index in [1.165, 1.54) is 199 Å². The number of nitrogens with zero attached hydrogens (tertiary/aromatic N) is 4. The zero-order chi connectivity index (χ0) is 45.7. The number of rotatable bonds is 46. The fourth-order valence-corrected chi connectivity index (χ4v) is 7.93. The summed E-state index contributed by atoms with van der Waals surface area (Å²) in [7, 11) is 0. The Kier molecular flexibility index (Phi) is 54.2. The molecule has 362 valence electrons. The number of aromatic nitrogens is 4. The molecular formula is C50H94BrN5O6. The van der Waals surface area contributed by atoms with Gasteiger partial charge in [-0.15, -0.1) is 10.2 Å². The molecule has 0 unspecified atom stereocenters. The molecule has 0 bridgehead atoms. The van der Waals surface area contributed by atoms with Gasteiger partial charge in [-0.2, -0.15) is 10.5 Å². The van der Waals surface area contributed by atoms with E-state index < -0.39 is 17.9 Å². The third-order valence-corrected chi connectivity index (χ3v) is 11.9. The fraction of sp³-hybridized carbons (Fsp3) is 0.900. The highest BCUT2D eigenvalue weighted by Crippen LogP contribution is 2.16. The number of carboxylic acid groups (broad SMARTS) is 3. The van der Waals surface area contributed by atoms with Crippen LogP contribution in [0.5, 0.6) is 0 Å². The van der Waals surface area contributed by atoms with Crippen molar-refractivity contribution in [2.45, 2.75) is 283 Å². The Morgan fingerprint density at radius 3 is 0.919 bits per heavy atom. The van der Waals surface area contributed by atoms with Crippen molar-refractivity contribution in [1.29, 1.82) is 5.26 Å². The third kappa shape index (κ3) is 59.5. The van der Waals surface area contributed by atoms with Gasteiger partial charge in [0.25, 0.3) is 0 Å². The van der Waals surface area contributed by atoms with Crippen LogP contribution in [0.25, 0.3) is 0 Å². The summed E-state index contributed by atoms with van der Waals surface area (Å²) in [5.41, 5.74) is 0. The lowest BCUT2D eigenvalue weighted by molar-refractivity contribution is -0.138. The number of hydrogen-bond donors (Lipinski definition) is 4. The van der Waals surface area contributed by atoms with Crippen LogP contribution in [-0.4, -0.2) is 59.2 Å². The Morgan fingerprint density at radius 1 is 0.419 bits per heavy atom. The first-order valence-electron chi connectivity index (χ1n) is 25.6. The predicted molar refractivity (Wildman–Crippen MR) is 259 cm³/mol. The molecule has 12 heteroatoms. The average Bonchev–Trinajstić information content (AvgIpc) is 3.78. The summed E-state index contributed by atoms with van der Waals surface area (Å²) >= 11 is 3.46. The van der Waals surface area contributed by atoms with Crippen molar-refractivity contribution in [2.75, 3.05) is 5.33 Å². The molecule has 1 heterocycles. The molecule has 0 aromatic carbocycles. The lowest BCUT2D eigenvalue weighted by Gasteiger charge is -2.03. The van der Waals surface area contributed by atoms with Crippen LogP contribution in [0.2, 0.25) is 0 Å². The first-order valence-corrected chi connectivity index (χ1v) is 26.8. The second-order valence-corrected chi connectivity index (χ2v) is 18.2. The van der Waals surface area contributed by atoms with Crippen LogP contribution in [0.3, 0.4) is 0 Å². The molecule has 0 atom stereocenters. The van der Waals surface area contributed by atoms with E-state index in [1.54, 1.807) is 0 Å². The van der Waals surface area contributed by atoms with Crippen molar-refractivity contribution < 1.29 is 29.7 Å². The van der Waals surface area contributed by atoms with Crippen LogP contribution in [0, 0.1) is 11.3 Å². The molecule has 0 aliphatic rings. The average molecular weight is 941 g/mol. The van der Waals surface area contributed by atoms with Crippen LogP contribution in [0.1, 0.15) is 282 Å². The number of hydrogen-bond acceptors (Lipinski definition) is 7. The molecule has 0 aliphatic heterocycles. The van der Waals surface area contributed by atoms with Crippen LogP contribution in [0.15, 0.2) is 0 Å². The van der Waals surface area contributed by atoms with Gasteiger partial charge in [0, 0.05) is 37.4 Å². The van der Waals surface area contributed by atoms with E-state index in [9.17, 15) is 14.4 Å². The molecule has 0 saturated heterocycles. The van der Waals surface area contributed by atoms with Crippen LogP contribution in [-0.2, 0) is 20.8 Å². The Hall–Kier alpha value is -2.55. The van der Waals surface area contributed by atoms with E-state index >= 15 is 0 Å². The molecule has 0 saturated carbocycles.